The number of sulfonamides is 1. The van der Waals surface area contributed by atoms with E-state index >= 15 is 0 Å². The molecule has 2 saturated heterocycles. The smallest absolute Gasteiger partial charge is 0.243 e. The van der Waals surface area contributed by atoms with Gasteiger partial charge in [-0.2, -0.15) is 4.31 Å². The number of thioether (sulfide) groups is 1. The van der Waals surface area contributed by atoms with E-state index in [0.717, 1.165) is 30.8 Å². The zero-order valence-electron chi connectivity index (χ0n) is 17.5. The first-order valence-electron chi connectivity index (χ1n) is 10.7. The van der Waals surface area contributed by atoms with Crippen LogP contribution in [0, 0.1) is 11.8 Å². The molecule has 0 aliphatic carbocycles. The molecule has 1 unspecified atom stereocenters. The first-order chi connectivity index (χ1) is 14.3. The van der Waals surface area contributed by atoms with Gasteiger partial charge in [0, 0.05) is 37.0 Å². The minimum absolute atomic E-state index is 0.0921. The number of piperidine rings is 2. The molecule has 0 bridgehead atoms. The number of benzene rings is 1. The average Bonchev–Trinajstić information content (AvgIpc) is 2.74. The number of hydrogen-bond acceptors (Lipinski definition) is 5. The molecule has 4 rings (SSSR count). The lowest BCUT2D eigenvalue weighted by molar-refractivity contribution is -0.138. The van der Waals surface area contributed by atoms with E-state index in [1.165, 1.54) is 16.1 Å². The summed E-state index contributed by atoms with van der Waals surface area (Å²) in [6, 6.07) is 4.92. The van der Waals surface area contributed by atoms with Crippen molar-refractivity contribution >= 4 is 39.3 Å². The summed E-state index contributed by atoms with van der Waals surface area (Å²) in [5, 5.41) is 2.60. The van der Waals surface area contributed by atoms with E-state index in [1.807, 2.05) is 11.8 Å². The van der Waals surface area contributed by atoms with Crippen molar-refractivity contribution in [1.82, 2.24) is 9.21 Å². The van der Waals surface area contributed by atoms with E-state index in [4.69, 9.17) is 0 Å². The Morgan fingerprint density at radius 1 is 1.07 bits per heavy atom. The minimum atomic E-state index is -3.66. The van der Waals surface area contributed by atoms with Crippen molar-refractivity contribution in [3.8, 4) is 0 Å². The third-order valence-electron chi connectivity index (χ3n) is 6.42. The summed E-state index contributed by atoms with van der Waals surface area (Å²) in [5.41, 5.74) is 0.550. The van der Waals surface area contributed by atoms with E-state index in [-0.39, 0.29) is 27.9 Å². The molecule has 2 fully saturated rings. The molecule has 9 heteroatoms. The number of nitrogens with one attached hydrogen (secondary N) is 1. The Hall–Kier alpha value is -1.58. The van der Waals surface area contributed by atoms with Gasteiger partial charge in [0.25, 0.3) is 0 Å². The van der Waals surface area contributed by atoms with Crippen LogP contribution in [0.2, 0.25) is 0 Å². The van der Waals surface area contributed by atoms with Crippen LogP contribution in [-0.4, -0.2) is 60.9 Å². The predicted octanol–water partition coefficient (Wildman–Crippen LogP) is 2.78. The second kappa shape index (κ2) is 8.51. The Kier molecular flexibility index (Phi) is 6.14. The molecule has 1 aromatic rings. The first kappa shape index (κ1) is 21.6. The fourth-order valence-corrected chi connectivity index (χ4v) is 6.75. The molecule has 30 heavy (non-hydrogen) atoms. The van der Waals surface area contributed by atoms with Gasteiger partial charge in [0.2, 0.25) is 21.8 Å². The zero-order chi connectivity index (χ0) is 21.5. The van der Waals surface area contributed by atoms with Gasteiger partial charge in [0.15, 0.2) is 0 Å². The Balaban J connectivity index is 1.41. The van der Waals surface area contributed by atoms with Crippen molar-refractivity contribution in [2.75, 3.05) is 31.5 Å². The second-order valence-electron chi connectivity index (χ2n) is 8.59. The number of hydrogen-bond donors (Lipinski definition) is 1. The Morgan fingerprint density at radius 2 is 1.73 bits per heavy atom. The van der Waals surface area contributed by atoms with Crippen molar-refractivity contribution < 1.29 is 18.0 Å². The van der Waals surface area contributed by atoms with Crippen molar-refractivity contribution in [2.24, 2.45) is 11.8 Å². The summed E-state index contributed by atoms with van der Waals surface area (Å²) in [6.07, 6.45) is 3.20. The molecule has 0 aromatic heterocycles. The summed E-state index contributed by atoms with van der Waals surface area (Å²) in [6.45, 7) is 6.36. The maximum absolute atomic E-state index is 13.1. The van der Waals surface area contributed by atoms with Crippen LogP contribution in [0.4, 0.5) is 5.69 Å². The molecule has 3 heterocycles. The molecule has 0 radical (unpaired) electrons. The summed E-state index contributed by atoms with van der Waals surface area (Å²) in [7, 11) is -3.66. The number of anilines is 1. The highest BCUT2D eigenvalue weighted by molar-refractivity contribution is 8.01. The predicted molar refractivity (Wildman–Crippen MR) is 117 cm³/mol. The molecule has 3 aliphatic rings. The van der Waals surface area contributed by atoms with Gasteiger partial charge < -0.3 is 10.2 Å². The molecule has 7 nitrogen and oxygen atoms in total. The summed E-state index contributed by atoms with van der Waals surface area (Å²) in [4.78, 5) is 27.8. The maximum atomic E-state index is 13.1. The lowest BCUT2D eigenvalue weighted by Gasteiger charge is -2.36. The van der Waals surface area contributed by atoms with Crippen LogP contribution in [0.3, 0.4) is 0 Å². The first-order valence-corrected chi connectivity index (χ1v) is 13.0. The number of likely N-dealkylation sites (tertiary alicyclic amines) is 1. The molecule has 2 amide bonds. The van der Waals surface area contributed by atoms with E-state index in [1.54, 1.807) is 18.2 Å². The lowest BCUT2D eigenvalue weighted by Crippen LogP contribution is -2.46. The summed E-state index contributed by atoms with van der Waals surface area (Å²) in [5.74, 6) is 0.643. The van der Waals surface area contributed by atoms with Crippen LogP contribution in [-0.2, 0) is 19.6 Å². The second-order valence-corrected chi connectivity index (χ2v) is 11.9. The monoisotopic (exact) mass is 451 g/mol. The average molecular weight is 452 g/mol. The molecule has 1 aromatic carbocycles. The molecule has 1 atom stereocenters. The SMILES string of the molecule is CC1CCN(C(=O)C2CCN(S(=O)(=O)c3ccc4c(c3)NC(=O)C(C)S4)CC2)CC1. The number of amides is 2. The van der Waals surface area contributed by atoms with Gasteiger partial charge >= 0.3 is 0 Å². The Bertz CT molecular complexity index is 934. The van der Waals surface area contributed by atoms with Gasteiger partial charge in [-0.3, -0.25) is 9.59 Å². The summed E-state index contributed by atoms with van der Waals surface area (Å²) < 4.78 is 27.8. The largest absolute Gasteiger partial charge is 0.342 e. The Morgan fingerprint density at radius 3 is 2.40 bits per heavy atom. The van der Waals surface area contributed by atoms with E-state index in [2.05, 4.69) is 12.2 Å². The van der Waals surface area contributed by atoms with Crippen LogP contribution in [0.25, 0.3) is 0 Å². The van der Waals surface area contributed by atoms with Gasteiger partial charge in [-0.1, -0.05) is 6.92 Å². The van der Waals surface area contributed by atoms with Crippen LogP contribution < -0.4 is 5.32 Å². The Labute approximate surface area is 182 Å². The highest BCUT2D eigenvalue weighted by Gasteiger charge is 2.35. The highest BCUT2D eigenvalue weighted by Crippen LogP contribution is 2.37. The maximum Gasteiger partial charge on any atom is 0.243 e. The summed E-state index contributed by atoms with van der Waals surface area (Å²) >= 11 is 1.43. The van der Waals surface area contributed by atoms with Crippen molar-refractivity contribution in [3.05, 3.63) is 18.2 Å². The third kappa shape index (κ3) is 4.24. The molecule has 0 saturated carbocycles. The quantitative estimate of drug-likeness (QED) is 0.764. The van der Waals surface area contributed by atoms with E-state index in [0.29, 0.717) is 37.5 Å². The normalized spacial score (nSPS) is 24.4. The molecular weight excluding hydrogens is 422 g/mol. The van der Waals surface area contributed by atoms with Crippen molar-refractivity contribution in [3.63, 3.8) is 0 Å². The number of carbonyl (C=O) groups is 2. The van der Waals surface area contributed by atoms with E-state index < -0.39 is 10.0 Å². The molecule has 1 N–H and O–H groups in total. The lowest BCUT2D eigenvalue weighted by atomic mass is 9.93. The standard InChI is InChI=1S/C21H29N3O4S2/c1-14-5-9-23(10-6-14)21(26)16-7-11-24(12-8-16)30(27,28)17-3-4-19-18(13-17)22-20(25)15(2)29-19/h3-4,13-16H,5-12H2,1-2H3,(H,22,25). The highest BCUT2D eigenvalue weighted by atomic mass is 32.2. The topological polar surface area (TPSA) is 86.8 Å². The molecule has 164 valence electrons. The zero-order valence-corrected chi connectivity index (χ0v) is 19.1. The van der Waals surface area contributed by atoms with Gasteiger partial charge in [-0.15, -0.1) is 11.8 Å². The number of carbonyl (C=O) groups excluding carboxylic acids is 2. The molecule has 0 spiro atoms. The van der Waals surface area contributed by atoms with E-state index in [9.17, 15) is 18.0 Å². The van der Waals surface area contributed by atoms with Gasteiger partial charge in [0.1, 0.15) is 0 Å². The number of nitrogens with zero attached hydrogens (tertiary/aromatic N) is 2. The third-order valence-corrected chi connectivity index (χ3v) is 9.49. The van der Waals surface area contributed by atoms with Gasteiger partial charge in [0.05, 0.1) is 15.8 Å². The van der Waals surface area contributed by atoms with Crippen molar-refractivity contribution in [1.29, 1.82) is 0 Å². The van der Waals surface area contributed by atoms with Crippen LogP contribution in [0.1, 0.15) is 39.5 Å². The van der Waals surface area contributed by atoms with Crippen LogP contribution >= 0.6 is 11.8 Å². The van der Waals surface area contributed by atoms with Crippen molar-refractivity contribution in [2.45, 2.75) is 54.6 Å². The van der Waals surface area contributed by atoms with Crippen LogP contribution in [0.15, 0.2) is 28.0 Å². The van der Waals surface area contributed by atoms with Crippen LogP contribution in [0.5, 0.6) is 0 Å². The minimum Gasteiger partial charge on any atom is -0.342 e. The number of rotatable bonds is 3. The molecular formula is C21H29N3O4S2. The number of fused-ring (bicyclic) bond motifs is 1. The fourth-order valence-electron chi connectivity index (χ4n) is 4.33. The fraction of sp³-hybridized carbons (Fsp3) is 0.619. The van der Waals surface area contributed by atoms with Gasteiger partial charge in [-0.05, 0) is 56.7 Å². The van der Waals surface area contributed by atoms with Gasteiger partial charge in [-0.25, -0.2) is 8.42 Å². The molecule has 3 aliphatic heterocycles.